The van der Waals surface area contributed by atoms with Crippen molar-refractivity contribution in [3.05, 3.63) is 236 Å². The predicted octanol–water partition coefficient (Wildman–Crippen LogP) is 15.4. The molecule has 4 heterocycles. The average molecular weight is 874 g/mol. The van der Waals surface area contributed by atoms with Crippen LogP contribution in [0.2, 0.25) is 0 Å². The zero-order valence-electron chi connectivity index (χ0n) is 37.3. The fourth-order valence-corrected chi connectivity index (χ4v) is 10.3. The molecular weight excluding hydrogens is 831 g/mol. The number of fused-ring (bicyclic) bond motifs is 8. The average Bonchev–Trinajstić information content (AvgIpc) is 3.93. The lowest BCUT2D eigenvalue weighted by Gasteiger charge is -2.19. The van der Waals surface area contributed by atoms with Crippen molar-refractivity contribution in [2.24, 2.45) is 0 Å². The van der Waals surface area contributed by atoms with Crippen molar-refractivity contribution in [2.75, 3.05) is 6.61 Å². The van der Waals surface area contributed by atoms with Crippen molar-refractivity contribution in [3.63, 3.8) is 0 Å². The Morgan fingerprint density at radius 3 is 1.82 bits per heavy atom. The first kappa shape index (κ1) is 39.5. The first-order valence-electron chi connectivity index (χ1n) is 23.2. The summed E-state index contributed by atoms with van der Waals surface area (Å²) in [5.74, 6) is 2.47. The molecule has 1 unspecified atom stereocenters. The van der Waals surface area contributed by atoms with Crippen LogP contribution in [0.15, 0.2) is 224 Å². The molecule has 0 spiro atoms. The normalized spacial score (nSPS) is 15.6. The molecule has 0 radical (unpaired) electrons. The zero-order chi connectivity index (χ0) is 45.1. The Hall–Kier alpha value is -8.87. The van der Waals surface area contributed by atoms with E-state index < -0.39 is 0 Å². The topological polar surface area (TPSA) is 57.8 Å². The van der Waals surface area contributed by atoms with Crippen molar-refractivity contribution in [1.82, 2.24) is 24.1 Å². The van der Waals surface area contributed by atoms with Crippen LogP contribution in [0.4, 0.5) is 0 Å². The SMILES string of the molecule is CC1/C(c2nc(-c3ccc(-c4ccccc4)cc3)nc(-c3cccc4c5ccccc5n(-c5ccccc5)c34)n2)=C\C=C(\n2c3ccccc3c3cc4ccccc4cc32)COc2ccccc21. The molecule has 68 heavy (non-hydrogen) atoms. The number of rotatable bonds is 6. The summed E-state index contributed by atoms with van der Waals surface area (Å²) in [6, 6.07) is 74.9. The summed E-state index contributed by atoms with van der Waals surface area (Å²) in [6.45, 7) is 2.58. The van der Waals surface area contributed by atoms with E-state index in [0.717, 1.165) is 78.0 Å². The van der Waals surface area contributed by atoms with Gasteiger partial charge in [0.2, 0.25) is 0 Å². The third-order valence-electron chi connectivity index (χ3n) is 13.6. The highest BCUT2D eigenvalue weighted by atomic mass is 16.5. The molecule has 322 valence electrons. The van der Waals surface area contributed by atoms with Crippen molar-refractivity contribution >= 4 is 65.7 Å². The molecule has 0 amide bonds. The highest BCUT2D eigenvalue weighted by Crippen LogP contribution is 2.42. The number of benzene rings is 9. The molecule has 12 aromatic rings. The molecule has 0 bridgehead atoms. The molecule has 0 saturated carbocycles. The quantitative estimate of drug-likeness (QED) is 0.167. The Morgan fingerprint density at radius 1 is 0.441 bits per heavy atom. The van der Waals surface area contributed by atoms with Crippen molar-refractivity contribution in [3.8, 4) is 45.3 Å². The number of allylic oxidation sites excluding steroid dienone is 3. The van der Waals surface area contributed by atoms with E-state index in [4.69, 9.17) is 19.7 Å². The number of aromatic nitrogens is 5. The van der Waals surface area contributed by atoms with Gasteiger partial charge in [0.05, 0.1) is 27.8 Å². The van der Waals surface area contributed by atoms with Gasteiger partial charge in [-0.3, -0.25) is 0 Å². The summed E-state index contributed by atoms with van der Waals surface area (Å²) >= 11 is 0. The molecule has 3 aromatic heterocycles. The Kier molecular flexibility index (Phi) is 9.42. The molecule has 6 heteroatoms. The number of nitrogens with zero attached hydrogens (tertiary/aromatic N) is 5. The first-order valence-corrected chi connectivity index (χ1v) is 23.2. The predicted molar refractivity (Wildman–Crippen MR) is 280 cm³/mol. The van der Waals surface area contributed by atoms with Gasteiger partial charge in [-0.25, -0.2) is 15.0 Å². The monoisotopic (exact) mass is 873 g/mol. The standard InChI is InChI=1S/C62H43N5O/c1-40-48-23-12-15-30-58(48)68-39-47(66-55-28-13-11-25-51(55)54-37-44-19-8-9-20-45(44)38-57(54)66)35-36-49(40)61-63-60(43-33-31-42(32-34-43)41-17-4-2-5-18-41)64-62(65-61)53-27-16-26-52-50-24-10-14-29-56(50)67(59(52)53)46-21-6-3-7-22-46/h2-38,40H,39H2,1H3/b47-35+,49-36+. The molecule has 0 N–H and O–H groups in total. The number of hydrogen-bond acceptors (Lipinski definition) is 4. The van der Waals surface area contributed by atoms with Crippen LogP contribution in [-0.4, -0.2) is 30.7 Å². The Balaban J connectivity index is 1.07. The molecule has 1 atom stereocenters. The van der Waals surface area contributed by atoms with E-state index in [9.17, 15) is 0 Å². The first-order chi connectivity index (χ1) is 33.6. The maximum Gasteiger partial charge on any atom is 0.166 e. The van der Waals surface area contributed by atoms with E-state index in [2.05, 4.69) is 228 Å². The smallest absolute Gasteiger partial charge is 0.166 e. The van der Waals surface area contributed by atoms with Crippen molar-refractivity contribution < 1.29 is 4.74 Å². The molecule has 0 fully saturated rings. The second kappa shape index (κ2) is 16.2. The Morgan fingerprint density at radius 2 is 1.03 bits per heavy atom. The number of para-hydroxylation sites is 5. The number of hydrogen-bond donors (Lipinski definition) is 0. The summed E-state index contributed by atoms with van der Waals surface area (Å²) < 4.78 is 11.6. The van der Waals surface area contributed by atoms with Crippen molar-refractivity contribution in [2.45, 2.75) is 12.8 Å². The molecule has 0 aliphatic carbocycles. The van der Waals surface area contributed by atoms with Gasteiger partial charge in [-0.15, -0.1) is 0 Å². The number of ether oxygens (including phenoxy) is 1. The van der Waals surface area contributed by atoms with Gasteiger partial charge < -0.3 is 13.9 Å². The van der Waals surface area contributed by atoms with Crippen LogP contribution >= 0.6 is 0 Å². The molecule has 13 rings (SSSR count). The molecular formula is C62H43N5O. The van der Waals surface area contributed by atoms with E-state index in [-0.39, 0.29) is 5.92 Å². The highest BCUT2D eigenvalue weighted by molar-refractivity contribution is 6.15. The molecule has 6 nitrogen and oxygen atoms in total. The van der Waals surface area contributed by atoms with E-state index in [1.165, 1.54) is 26.9 Å². The lowest BCUT2D eigenvalue weighted by molar-refractivity contribution is 0.360. The van der Waals surface area contributed by atoms with Gasteiger partial charge >= 0.3 is 0 Å². The molecule has 1 aliphatic rings. The second-order valence-corrected chi connectivity index (χ2v) is 17.5. The highest BCUT2D eigenvalue weighted by Gasteiger charge is 2.26. The summed E-state index contributed by atoms with van der Waals surface area (Å²) in [6.07, 6.45) is 4.43. The third-order valence-corrected chi connectivity index (χ3v) is 13.6. The fraction of sp³-hybridized carbons (Fsp3) is 0.0484. The van der Waals surface area contributed by atoms with E-state index in [1.54, 1.807) is 0 Å². The van der Waals surface area contributed by atoms with Crippen LogP contribution in [0.3, 0.4) is 0 Å². The minimum absolute atomic E-state index is 0.154. The lowest BCUT2D eigenvalue weighted by Crippen LogP contribution is -2.09. The van der Waals surface area contributed by atoms with Gasteiger partial charge in [0.1, 0.15) is 12.4 Å². The van der Waals surface area contributed by atoms with Gasteiger partial charge in [-0.2, -0.15) is 0 Å². The van der Waals surface area contributed by atoms with Crippen molar-refractivity contribution in [1.29, 1.82) is 0 Å². The van der Waals surface area contributed by atoms with E-state index >= 15 is 0 Å². The Labute approximate surface area is 393 Å². The lowest BCUT2D eigenvalue weighted by atomic mass is 9.91. The summed E-state index contributed by atoms with van der Waals surface area (Å²) in [5, 5.41) is 7.09. The molecule has 1 aliphatic heterocycles. The maximum atomic E-state index is 6.87. The Bertz CT molecular complexity index is 3980. The van der Waals surface area contributed by atoms with Crippen LogP contribution in [0.5, 0.6) is 5.75 Å². The minimum atomic E-state index is -0.154. The summed E-state index contributed by atoms with van der Waals surface area (Å²) in [5.41, 5.74) is 12.6. The van der Waals surface area contributed by atoms with Crippen LogP contribution in [-0.2, 0) is 0 Å². The second-order valence-electron chi connectivity index (χ2n) is 17.5. The zero-order valence-corrected chi connectivity index (χ0v) is 37.3. The van der Waals surface area contributed by atoms with E-state index in [1.807, 2.05) is 12.1 Å². The van der Waals surface area contributed by atoms with Gasteiger partial charge in [0.15, 0.2) is 17.5 Å². The van der Waals surface area contributed by atoms with Crippen LogP contribution in [0.1, 0.15) is 24.2 Å². The van der Waals surface area contributed by atoms with Crippen LogP contribution in [0.25, 0.3) is 105 Å². The van der Waals surface area contributed by atoms with Crippen LogP contribution < -0.4 is 4.74 Å². The third kappa shape index (κ3) is 6.60. The molecule has 0 saturated heterocycles. The van der Waals surface area contributed by atoms with Gasteiger partial charge in [0.25, 0.3) is 0 Å². The molecule has 9 aromatic carbocycles. The summed E-state index contributed by atoms with van der Waals surface area (Å²) in [7, 11) is 0. The van der Waals surface area contributed by atoms with Crippen LogP contribution in [0, 0.1) is 0 Å². The fourth-order valence-electron chi connectivity index (χ4n) is 10.3. The summed E-state index contributed by atoms with van der Waals surface area (Å²) in [4.78, 5) is 16.4. The van der Waals surface area contributed by atoms with E-state index in [0.29, 0.717) is 24.1 Å². The van der Waals surface area contributed by atoms with Gasteiger partial charge in [0, 0.05) is 55.4 Å². The maximum absolute atomic E-state index is 6.87. The van der Waals surface area contributed by atoms with Gasteiger partial charge in [-0.1, -0.05) is 177 Å². The van der Waals surface area contributed by atoms with Gasteiger partial charge in [-0.05, 0) is 76.5 Å². The largest absolute Gasteiger partial charge is 0.487 e. The minimum Gasteiger partial charge on any atom is -0.487 e.